The fraction of sp³-hybridized carbons (Fsp3) is 0.176. The molecule has 1 nitrogen and oxygen atoms in total. The van der Waals surface area contributed by atoms with E-state index >= 15 is 0 Å². The average molecular weight is 303 g/mol. The van der Waals surface area contributed by atoms with Gasteiger partial charge in [0.1, 0.15) is 11.6 Å². The number of halogens is 2. The van der Waals surface area contributed by atoms with Gasteiger partial charge in [0.25, 0.3) is 0 Å². The van der Waals surface area contributed by atoms with E-state index in [2.05, 4.69) is 5.32 Å². The Balaban J connectivity index is 2.06. The number of hydrogen-bond donors (Lipinski definition) is 1. The largest absolute Gasteiger partial charge is 0.309 e. The van der Waals surface area contributed by atoms with Gasteiger partial charge >= 0.3 is 0 Å². The monoisotopic (exact) mass is 303 g/mol. The van der Waals surface area contributed by atoms with E-state index in [9.17, 15) is 8.78 Å². The molecule has 0 saturated heterocycles. The summed E-state index contributed by atoms with van der Waals surface area (Å²) in [5.74, 6) is -0.433. The fourth-order valence-corrected chi connectivity index (χ4v) is 3.68. The van der Waals surface area contributed by atoms with Crippen LogP contribution < -0.4 is 5.32 Å². The van der Waals surface area contributed by atoms with E-state index in [0.717, 1.165) is 20.5 Å². The standard InChI is InChI=1S/C17H15F2NS/c1-10-7-11(3-5-14(10)19)17(20-2)16-9-12-8-13(18)4-6-15(12)21-16/h3-9,17,20H,1-2H3. The minimum atomic E-state index is -0.231. The van der Waals surface area contributed by atoms with Crippen molar-refractivity contribution in [3.05, 3.63) is 70.1 Å². The second-order valence-corrected chi connectivity index (χ2v) is 6.18. The van der Waals surface area contributed by atoms with Gasteiger partial charge in [-0.15, -0.1) is 11.3 Å². The normalized spacial score (nSPS) is 12.8. The number of aryl methyl sites for hydroxylation is 1. The molecule has 1 N–H and O–H groups in total. The third-order valence-corrected chi connectivity index (χ3v) is 4.77. The average Bonchev–Trinajstić information content (AvgIpc) is 2.86. The Bertz CT molecular complexity index is 795. The molecule has 0 spiro atoms. The Kier molecular flexibility index (Phi) is 3.74. The van der Waals surface area contributed by atoms with Gasteiger partial charge in [0.2, 0.25) is 0 Å². The van der Waals surface area contributed by atoms with Crippen molar-refractivity contribution in [1.29, 1.82) is 0 Å². The van der Waals surface area contributed by atoms with Crippen LogP contribution in [-0.4, -0.2) is 7.05 Å². The van der Waals surface area contributed by atoms with E-state index in [0.29, 0.717) is 5.56 Å². The topological polar surface area (TPSA) is 12.0 Å². The summed E-state index contributed by atoms with van der Waals surface area (Å²) < 4.78 is 27.8. The summed E-state index contributed by atoms with van der Waals surface area (Å²) >= 11 is 1.62. The van der Waals surface area contributed by atoms with Crippen molar-refractivity contribution in [2.75, 3.05) is 7.05 Å². The molecule has 2 aromatic carbocycles. The first-order valence-electron chi connectivity index (χ1n) is 6.71. The van der Waals surface area contributed by atoms with Crippen LogP contribution in [0.15, 0.2) is 42.5 Å². The van der Waals surface area contributed by atoms with Crippen molar-refractivity contribution in [3.8, 4) is 0 Å². The lowest BCUT2D eigenvalue weighted by Gasteiger charge is -2.15. The van der Waals surface area contributed by atoms with Gasteiger partial charge in [-0.1, -0.05) is 12.1 Å². The zero-order chi connectivity index (χ0) is 15.0. The molecule has 1 unspecified atom stereocenters. The number of fused-ring (bicyclic) bond motifs is 1. The van der Waals surface area contributed by atoms with Gasteiger partial charge in [0, 0.05) is 9.58 Å². The first-order chi connectivity index (χ1) is 10.1. The van der Waals surface area contributed by atoms with E-state index in [1.54, 1.807) is 30.4 Å². The first kappa shape index (κ1) is 14.2. The maximum atomic E-state index is 13.4. The van der Waals surface area contributed by atoms with Crippen LogP contribution in [0.25, 0.3) is 10.1 Å². The molecule has 3 aromatic rings. The van der Waals surface area contributed by atoms with Crippen LogP contribution in [0.3, 0.4) is 0 Å². The minimum absolute atomic E-state index is 0.0234. The second kappa shape index (κ2) is 5.54. The van der Waals surface area contributed by atoms with Crippen LogP contribution in [0.2, 0.25) is 0 Å². The Labute approximate surface area is 126 Å². The number of thiophene rings is 1. The zero-order valence-electron chi connectivity index (χ0n) is 11.8. The smallest absolute Gasteiger partial charge is 0.126 e. The first-order valence-corrected chi connectivity index (χ1v) is 7.52. The Morgan fingerprint density at radius 2 is 1.86 bits per heavy atom. The summed E-state index contributed by atoms with van der Waals surface area (Å²) in [6, 6.07) is 11.9. The van der Waals surface area contributed by atoms with Crippen molar-refractivity contribution in [1.82, 2.24) is 5.32 Å². The van der Waals surface area contributed by atoms with Crippen LogP contribution in [0, 0.1) is 18.6 Å². The van der Waals surface area contributed by atoms with Crippen molar-refractivity contribution in [2.45, 2.75) is 13.0 Å². The van der Waals surface area contributed by atoms with Crippen LogP contribution in [-0.2, 0) is 0 Å². The Morgan fingerprint density at radius 1 is 1.05 bits per heavy atom. The molecule has 3 rings (SSSR count). The predicted octanol–water partition coefficient (Wildman–Crippen LogP) is 4.80. The van der Waals surface area contributed by atoms with Gasteiger partial charge in [-0.2, -0.15) is 0 Å². The van der Waals surface area contributed by atoms with Gasteiger partial charge in [0.15, 0.2) is 0 Å². The molecule has 0 fully saturated rings. The molecule has 1 atom stereocenters. The van der Waals surface area contributed by atoms with Crippen molar-refractivity contribution < 1.29 is 8.78 Å². The maximum absolute atomic E-state index is 13.4. The molecule has 0 aliphatic heterocycles. The summed E-state index contributed by atoms with van der Waals surface area (Å²) in [4.78, 5) is 1.09. The van der Waals surface area contributed by atoms with Gasteiger partial charge < -0.3 is 5.32 Å². The molecular formula is C17H15F2NS. The van der Waals surface area contributed by atoms with Crippen molar-refractivity contribution >= 4 is 21.4 Å². The lowest BCUT2D eigenvalue weighted by molar-refractivity contribution is 0.614. The fourth-order valence-electron chi connectivity index (χ4n) is 2.50. The molecule has 108 valence electrons. The van der Waals surface area contributed by atoms with Gasteiger partial charge in [-0.3, -0.25) is 0 Å². The van der Waals surface area contributed by atoms with E-state index in [1.165, 1.54) is 18.2 Å². The summed E-state index contributed by atoms with van der Waals surface area (Å²) in [5.41, 5.74) is 1.63. The highest BCUT2D eigenvalue weighted by atomic mass is 32.1. The van der Waals surface area contributed by atoms with E-state index < -0.39 is 0 Å². The molecule has 21 heavy (non-hydrogen) atoms. The molecule has 0 bridgehead atoms. The number of benzene rings is 2. The summed E-state index contributed by atoms with van der Waals surface area (Å²) in [6.07, 6.45) is 0. The van der Waals surface area contributed by atoms with Crippen LogP contribution in [0.5, 0.6) is 0 Å². The molecule has 1 heterocycles. The Morgan fingerprint density at radius 3 is 2.57 bits per heavy atom. The third-order valence-electron chi connectivity index (χ3n) is 3.59. The van der Waals surface area contributed by atoms with E-state index in [4.69, 9.17) is 0 Å². The van der Waals surface area contributed by atoms with Crippen LogP contribution in [0.4, 0.5) is 8.78 Å². The SMILES string of the molecule is CNC(c1ccc(F)c(C)c1)c1cc2cc(F)ccc2s1. The molecule has 0 aliphatic carbocycles. The molecule has 0 amide bonds. The van der Waals surface area contributed by atoms with Gasteiger partial charge in [0.05, 0.1) is 6.04 Å². The molecule has 1 aromatic heterocycles. The highest BCUT2D eigenvalue weighted by Gasteiger charge is 2.16. The summed E-state index contributed by atoms with van der Waals surface area (Å²) in [6.45, 7) is 1.76. The molecule has 0 aliphatic rings. The molecule has 4 heteroatoms. The van der Waals surface area contributed by atoms with E-state index in [-0.39, 0.29) is 17.7 Å². The molecule has 0 radical (unpaired) electrons. The van der Waals surface area contributed by atoms with Crippen LogP contribution >= 0.6 is 11.3 Å². The predicted molar refractivity (Wildman–Crippen MR) is 83.8 cm³/mol. The maximum Gasteiger partial charge on any atom is 0.126 e. The lowest BCUT2D eigenvalue weighted by Crippen LogP contribution is -2.16. The lowest BCUT2D eigenvalue weighted by atomic mass is 10.0. The minimum Gasteiger partial charge on any atom is -0.309 e. The highest BCUT2D eigenvalue weighted by Crippen LogP contribution is 2.33. The zero-order valence-corrected chi connectivity index (χ0v) is 12.6. The van der Waals surface area contributed by atoms with Gasteiger partial charge in [-0.25, -0.2) is 8.78 Å². The highest BCUT2D eigenvalue weighted by molar-refractivity contribution is 7.19. The van der Waals surface area contributed by atoms with Crippen molar-refractivity contribution in [3.63, 3.8) is 0 Å². The number of hydrogen-bond acceptors (Lipinski definition) is 2. The number of nitrogens with one attached hydrogen (secondary N) is 1. The Hall–Kier alpha value is -1.78. The van der Waals surface area contributed by atoms with E-state index in [1.807, 2.05) is 19.2 Å². The second-order valence-electron chi connectivity index (χ2n) is 5.06. The summed E-state index contributed by atoms with van der Waals surface area (Å²) in [5, 5.41) is 4.15. The third kappa shape index (κ3) is 2.69. The summed E-state index contributed by atoms with van der Waals surface area (Å²) in [7, 11) is 1.87. The molecule has 0 saturated carbocycles. The quantitative estimate of drug-likeness (QED) is 0.733. The number of rotatable bonds is 3. The van der Waals surface area contributed by atoms with Crippen LogP contribution in [0.1, 0.15) is 22.0 Å². The molecular weight excluding hydrogens is 288 g/mol. The van der Waals surface area contributed by atoms with Crippen molar-refractivity contribution in [2.24, 2.45) is 0 Å². The van der Waals surface area contributed by atoms with Gasteiger partial charge in [-0.05, 0) is 60.8 Å².